The topological polar surface area (TPSA) is 51.2 Å². The Hall–Kier alpha value is -2.77. The van der Waals surface area contributed by atoms with E-state index in [1.54, 1.807) is 30.3 Å². The van der Waals surface area contributed by atoms with Crippen LogP contribution in [0.25, 0.3) is 0 Å². The first-order chi connectivity index (χ1) is 14.5. The highest BCUT2D eigenvalue weighted by molar-refractivity contribution is 8.01. The van der Waals surface area contributed by atoms with Crippen molar-refractivity contribution in [3.8, 4) is 0 Å². The number of hydrogen-bond acceptors (Lipinski definition) is 3. The highest BCUT2D eigenvalue weighted by atomic mass is 31.2. The molecule has 0 aliphatic carbocycles. The summed E-state index contributed by atoms with van der Waals surface area (Å²) in [5.74, 6) is 0. The lowest BCUT2D eigenvalue weighted by molar-refractivity contribution is 0.104. The fraction of sp³-hybridized carbons (Fsp3) is 0.259. The third-order valence-corrected chi connectivity index (χ3v) is 8.78. The van der Waals surface area contributed by atoms with Gasteiger partial charge in [0.05, 0.1) is 0 Å². The summed E-state index contributed by atoms with van der Waals surface area (Å²) in [5.41, 5.74) is 5.55. The van der Waals surface area contributed by atoms with Crippen LogP contribution in [0.5, 0.6) is 0 Å². The number of carbonyl (C=O) groups is 2. The van der Waals surface area contributed by atoms with E-state index >= 15 is 0 Å². The van der Waals surface area contributed by atoms with Crippen molar-refractivity contribution in [1.82, 2.24) is 0 Å². The molecule has 4 heteroatoms. The van der Waals surface area contributed by atoms with Gasteiger partial charge in [0.15, 0.2) is 0 Å². The second-order valence-electron chi connectivity index (χ2n) is 8.46. The molecule has 1 unspecified atom stereocenters. The van der Waals surface area contributed by atoms with Gasteiger partial charge in [0.2, 0.25) is 18.2 Å². The number of benzene rings is 3. The number of rotatable bonds is 5. The smallest absolute Gasteiger partial charge is 0.248 e. The van der Waals surface area contributed by atoms with Gasteiger partial charge in [-0.2, -0.15) is 0 Å². The van der Waals surface area contributed by atoms with Gasteiger partial charge in [-0.3, -0.25) is 9.59 Å². The molecule has 0 fully saturated rings. The van der Waals surface area contributed by atoms with Gasteiger partial charge in [-0.1, -0.05) is 54.1 Å². The van der Waals surface area contributed by atoms with Gasteiger partial charge in [-0.15, -0.1) is 0 Å². The van der Waals surface area contributed by atoms with E-state index in [1.165, 1.54) is 0 Å². The Morgan fingerprint density at radius 2 is 1.06 bits per heavy atom. The van der Waals surface area contributed by atoms with Crippen LogP contribution in [0, 0.1) is 48.5 Å². The summed E-state index contributed by atoms with van der Waals surface area (Å²) in [4.78, 5) is 28.0. The predicted octanol–water partition coefficient (Wildman–Crippen LogP) is 6.51. The third kappa shape index (κ3) is 3.83. The van der Waals surface area contributed by atoms with Crippen LogP contribution in [0.3, 0.4) is 0 Å². The molecule has 0 amide bonds. The van der Waals surface area contributed by atoms with Gasteiger partial charge < -0.3 is 4.57 Å². The summed E-state index contributed by atoms with van der Waals surface area (Å²) in [6.45, 7) is 13.2. The van der Waals surface area contributed by atoms with Crippen LogP contribution >= 0.6 is 7.14 Å². The summed E-state index contributed by atoms with van der Waals surface area (Å²) in [7, 11) is -4.14. The normalized spacial score (nSPS) is 13.0. The van der Waals surface area contributed by atoms with E-state index in [0.29, 0.717) is 11.1 Å². The van der Waals surface area contributed by atoms with Crippen LogP contribution in [-0.4, -0.2) is 11.0 Å². The van der Waals surface area contributed by atoms with E-state index in [1.807, 2.05) is 66.7 Å². The standard InChI is InChI=1S/C27H29O3P/c1-16-13-19(4)24(20(5)14-16)26(28)31(30,23-11-9-8-10-12-23)27(29)25-21(6)17(2)15-18(3)22(25)7/h8-15H,1-7H3. The van der Waals surface area contributed by atoms with Gasteiger partial charge in [-0.05, 0) is 81.8 Å². The van der Waals surface area contributed by atoms with Crippen molar-refractivity contribution in [1.29, 1.82) is 0 Å². The van der Waals surface area contributed by atoms with Crippen LogP contribution in [0.2, 0.25) is 0 Å². The van der Waals surface area contributed by atoms with Gasteiger partial charge in [-0.25, -0.2) is 0 Å². The molecule has 1 atom stereocenters. The molecule has 160 valence electrons. The number of hydrogen-bond donors (Lipinski definition) is 0. The molecule has 3 aromatic rings. The van der Waals surface area contributed by atoms with E-state index in [0.717, 1.165) is 38.9 Å². The monoisotopic (exact) mass is 432 g/mol. The summed E-state index contributed by atoms with van der Waals surface area (Å²) >= 11 is 0. The van der Waals surface area contributed by atoms with Crippen molar-refractivity contribution in [2.24, 2.45) is 0 Å². The molecule has 3 rings (SSSR count). The molecule has 0 spiro atoms. The second-order valence-corrected chi connectivity index (χ2v) is 11.0. The molecule has 3 aromatic carbocycles. The molecule has 31 heavy (non-hydrogen) atoms. The molecular weight excluding hydrogens is 403 g/mol. The van der Waals surface area contributed by atoms with Gasteiger partial charge >= 0.3 is 0 Å². The van der Waals surface area contributed by atoms with E-state index in [4.69, 9.17) is 0 Å². The third-order valence-electron chi connectivity index (χ3n) is 6.16. The molecule has 0 saturated heterocycles. The Bertz CT molecular complexity index is 1200. The Labute approximate surface area is 184 Å². The highest BCUT2D eigenvalue weighted by Gasteiger charge is 2.44. The number of aryl methyl sites for hydroxylation is 5. The maximum Gasteiger partial charge on any atom is 0.248 e. The first-order valence-corrected chi connectivity index (χ1v) is 12.1. The van der Waals surface area contributed by atoms with Crippen LogP contribution in [-0.2, 0) is 4.57 Å². The molecule has 0 saturated carbocycles. The maximum absolute atomic E-state index is 14.6. The average Bonchev–Trinajstić information content (AvgIpc) is 2.71. The van der Waals surface area contributed by atoms with E-state index in [9.17, 15) is 14.2 Å². The minimum Gasteiger partial charge on any atom is -0.302 e. The van der Waals surface area contributed by atoms with E-state index < -0.39 is 18.2 Å². The Morgan fingerprint density at radius 3 is 1.55 bits per heavy atom. The average molecular weight is 433 g/mol. The van der Waals surface area contributed by atoms with Gasteiger partial charge in [0.25, 0.3) is 0 Å². The summed E-state index contributed by atoms with van der Waals surface area (Å²) in [5, 5.41) is 0.280. The fourth-order valence-corrected chi connectivity index (χ4v) is 6.90. The highest BCUT2D eigenvalue weighted by Crippen LogP contribution is 2.53. The van der Waals surface area contributed by atoms with E-state index in [-0.39, 0.29) is 5.30 Å². The van der Waals surface area contributed by atoms with Crippen LogP contribution in [0.15, 0.2) is 48.5 Å². The maximum atomic E-state index is 14.6. The molecule has 0 aliphatic rings. The summed E-state index contributed by atoms with van der Waals surface area (Å²) in [6, 6.07) is 14.3. The zero-order chi connectivity index (χ0) is 23.1. The van der Waals surface area contributed by atoms with Crippen molar-refractivity contribution in [3.05, 3.63) is 98.6 Å². The van der Waals surface area contributed by atoms with Crippen LogP contribution < -0.4 is 5.30 Å². The van der Waals surface area contributed by atoms with Crippen molar-refractivity contribution < 1.29 is 14.2 Å². The minimum atomic E-state index is -4.14. The Morgan fingerprint density at radius 1 is 0.613 bits per heavy atom. The minimum absolute atomic E-state index is 0.280. The molecular formula is C27H29O3P. The van der Waals surface area contributed by atoms with Crippen molar-refractivity contribution in [2.75, 3.05) is 0 Å². The lowest BCUT2D eigenvalue weighted by Crippen LogP contribution is -2.23. The molecule has 0 aromatic heterocycles. The van der Waals surface area contributed by atoms with Gasteiger partial charge in [0.1, 0.15) is 0 Å². The lowest BCUT2D eigenvalue weighted by atomic mass is 9.95. The van der Waals surface area contributed by atoms with Crippen LogP contribution in [0.1, 0.15) is 59.7 Å². The zero-order valence-electron chi connectivity index (χ0n) is 19.3. The molecule has 0 bridgehead atoms. The molecule has 3 nitrogen and oxygen atoms in total. The molecule has 0 N–H and O–H groups in total. The number of carbonyl (C=O) groups excluding carboxylic acids is 2. The van der Waals surface area contributed by atoms with E-state index in [2.05, 4.69) is 0 Å². The van der Waals surface area contributed by atoms with Gasteiger partial charge in [0, 0.05) is 16.4 Å². The largest absolute Gasteiger partial charge is 0.302 e. The lowest BCUT2D eigenvalue weighted by Gasteiger charge is -2.22. The second kappa shape index (κ2) is 8.40. The van der Waals surface area contributed by atoms with Crippen LogP contribution in [0.4, 0.5) is 0 Å². The Balaban J connectivity index is 2.35. The zero-order valence-corrected chi connectivity index (χ0v) is 20.2. The SMILES string of the molecule is Cc1cc(C)c(C(=O)P(=O)(C(=O)c2c(C)c(C)cc(C)c2C)c2ccccc2)c(C)c1. The quantitative estimate of drug-likeness (QED) is 0.432. The predicted molar refractivity (Wildman–Crippen MR) is 128 cm³/mol. The first kappa shape index (κ1) is 22.9. The molecule has 0 radical (unpaired) electrons. The first-order valence-electron chi connectivity index (χ1n) is 10.4. The Kier molecular flexibility index (Phi) is 6.21. The summed E-state index contributed by atoms with van der Waals surface area (Å²) < 4.78 is 14.6. The molecule has 0 heterocycles. The molecule has 0 aliphatic heterocycles. The van der Waals surface area contributed by atoms with Crippen molar-refractivity contribution in [2.45, 2.75) is 48.5 Å². The fourth-order valence-electron chi connectivity index (χ4n) is 4.33. The van der Waals surface area contributed by atoms with Crippen molar-refractivity contribution in [3.63, 3.8) is 0 Å². The summed E-state index contributed by atoms with van der Waals surface area (Å²) in [6.07, 6.45) is 0. The van der Waals surface area contributed by atoms with Crippen molar-refractivity contribution >= 4 is 23.5 Å².